The molecule has 120 valence electrons. The summed E-state index contributed by atoms with van der Waals surface area (Å²) in [4.78, 5) is 16.0. The van der Waals surface area contributed by atoms with Crippen molar-refractivity contribution < 1.29 is 14.1 Å². The third kappa shape index (κ3) is 7.19. The predicted molar refractivity (Wildman–Crippen MR) is 79.1 cm³/mol. The molecule has 0 radical (unpaired) electrons. The summed E-state index contributed by atoms with van der Waals surface area (Å²) in [5, 5.41) is 9.92. The van der Waals surface area contributed by atoms with Gasteiger partial charge in [0, 0.05) is 45.0 Å². The van der Waals surface area contributed by atoms with Crippen molar-refractivity contribution in [3.05, 3.63) is 11.7 Å². The third-order valence-electron chi connectivity index (χ3n) is 2.81. The predicted octanol–water partition coefficient (Wildman–Crippen LogP) is 0.652. The van der Waals surface area contributed by atoms with Gasteiger partial charge in [0.15, 0.2) is 5.82 Å². The number of aromatic nitrogens is 2. The molecule has 1 heterocycles. The van der Waals surface area contributed by atoms with E-state index in [1.165, 1.54) is 0 Å². The van der Waals surface area contributed by atoms with Crippen molar-refractivity contribution in [1.82, 2.24) is 20.8 Å². The van der Waals surface area contributed by atoms with E-state index in [1.54, 1.807) is 7.11 Å². The van der Waals surface area contributed by atoms with Gasteiger partial charge in [-0.1, -0.05) is 25.9 Å². The van der Waals surface area contributed by atoms with E-state index in [4.69, 9.17) is 9.26 Å². The molecule has 7 heteroatoms. The molecule has 0 saturated carbocycles. The van der Waals surface area contributed by atoms with Crippen LogP contribution in [0.5, 0.6) is 0 Å². The number of carbonyl (C=O) groups is 1. The minimum absolute atomic E-state index is 0.0148. The number of hydrogen-bond donors (Lipinski definition) is 2. The van der Waals surface area contributed by atoms with Crippen molar-refractivity contribution in [2.24, 2.45) is 0 Å². The van der Waals surface area contributed by atoms with Crippen LogP contribution in [-0.4, -0.2) is 49.4 Å². The number of carbonyl (C=O) groups excluding carboxylic acids is 1. The van der Waals surface area contributed by atoms with Gasteiger partial charge in [-0.05, 0) is 0 Å². The Morgan fingerprint density at radius 3 is 2.67 bits per heavy atom. The van der Waals surface area contributed by atoms with E-state index in [1.807, 2.05) is 20.8 Å². The monoisotopic (exact) mass is 298 g/mol. The van der Waals surface area contributed by atoms with Crippen LogP contribution in [0, 0.1) is 0 Å². The third-order valence-corrected chi connectivity index (χ3v) is 2.81. The van der Waals surface area contributed by atoms with Crippen molar-refractivity contribution in [3.8, 4) is 0 Å². The number of amides is 1. The highest BCUT2D eigenvalue weighted by Gasteiger charge is 2.20. The normalized spacial score (nSPS) is 11.6. The minimum atomic E-state index is -0.141. The Labute approximate surface area is 125 Å². The Bertz CT molecular complexity index is 426. The van der Waals surface area contributed by atoms with E-state index in [2.05, 4.69) is 20.8 Å². The highest BCUT2D eigenvalue weighted by molar-refractivity contribution is 5.75. The molecule has 0 aliphatic rings. The molecule has 0 fully saturated rings. The zero-order chi connectivity index (χ0) is 15.7. The zero-order valence-corrected chi connectivity index (χ0v) is 13.4. The molecule has 0 spiro atoms. The van der Waals surface area contributed by atoms with Gasteiger partial charge in [0.05, 0.1) is 6.61 Å². The van der Waals surface area contributed by atoms with Crippen LogP contribution in [0.15, 0.2) is 4.52 Å². The van der Waals surface area contributed by atoms with Gasteiger partial charge in [-0.15, -0.1) is 0 Å². The van der Waals surface area contributed by atoms with Crippen LogP contribution < -0.4 is 10.6 Å². The second-order valence-electron chi connectivity index (χ2n) is 5.85. The van der Waals surface area contributed by atoms with Crippen LogP contribution in [0.25, 0.3) is 0 Å². The van der Waals surface area contributed by atoms with Crippen LogP contribution in [0.1, 0.15) is 38.9 Å². The lowest BCUT2D eigenvalue weighted by Gasteiger charge is -2.10. The summed E-state index contributed by atoms with van der Waals surface area (Å²) in [6, 6.07) is 0. The maximum atomic E-state index is 11.7. The molecule has 0 aliphatic carbocycles. The van der Waals surface area contributed by atoms with E-state index in [0.29, 0.717) is 37.7 Å². The van der Waals surface area contributed by atoms with Gasteiger partial charge < -0.3 is 19.9 Å². The molecule has 0 bridgehead atoms. The number of aryl methyl sites for hydroxylation is 1. The lowest BCUT2D eigenvalue weighted by Crippen LogP contribution is -2.33. The quantitative estimate of drug-likeness (QED) is 0.651. The molecule has 2 N–H and O–H groups in total. The van der Waals surface area contributed by atoms with Crippen LogP contribution in [-0.2, 0) is 21.4 Å². The van der Waals surface area contributed by atoms with Crippen molar-refractivity contribution >= 4 is 5.91 Å². The number of nitrogens with one attached hydrogen (secondary N) is 2. The summed E-state index contributed by atoms with van der Waals surface area (Å²) >= 11 is 0. The number of rotatable bonds is 9. The molecule has 0 aromatic carbocycles. The van der Waals surface area contributed by atoms with Gasteiger partial charge in [-0.25, -0.2) is 0 Å². The maximum absolute atomic E-state index is 11.7. The summed E-state index contributed by atoms with van der Waals surface area (Å²) in [5.41, 5.74) is -0.141. The first-order valence-electron chi connectivity index (χ1n) is 7.23. The molecule has 0 saturated heterocycles. The smallest absolute Gasteiger partial charge is 0.227 e. The first-order valence-corrected chi connectivity index (χ1v) is 7.23. The van der Waals surface area contributed by atoms with Crippen LogP contribution in [0.4, 0.5) is 0 Å². The van der Waals surface area contributed by atoms with Crippen LogP contribution >= 0.6 is 0 Å². The van der Waals surface area contributed by atoms with Crippen molar-refractivity contribution in [2.75, 3.05) is 33.4 Å². The molecule has 1 aromatic rings. The lowest BCUT2D eigenvalue weighted by atomic mass is 9.96. The fourth-order valence-corrected chi connectivity index (χ4v) is 1.56. The standard InChI is InChI=1S/C14H26N4O3/c1-14(2,3)13-17-12(21-18-13)6-5-11(19)16-8-7-15-9-10-20-4/h15H,5-10H2,1-4H3,(H,16,19). The van der Waals surface area contributed by atoms with E-state index >= 15 is 0 Å². The van der Waals surface area contributed by atoms with Crippen molar-refractivity contribution in [3.63, 3.8) is 0 Å². The van der Waals surface area contributed by atoms with E-state index in [-0.39, 0.29) is 11.3 Å². The molecule has 0 unspecified atom stereocenters. The first kappa shape index (κ1) is 17.6. The van der Waals surface area contributed by atoms with Gasteiger partial charge in [0.25, 0.3) is 0 Å². The molecule has 1 amide bonds. The fraction of sp³-hybridized carbons (Fsp3) is 0.786. The van der Waals surface area contributed by atoms with E-state index in [0.717, 1.165) is 13.1 Å². The van der Waals surface area contributed by atoms with Crippen LogP contribution in [0.2, 0.25) is 0 Å². The maximum Gasteiger partial charge on any atom is 0.227 e. The summed E-state index contributed by atoms with van der Waals surface area (Å²) < 4.78 is 10.1. The highest BCUT2D eigenvalue weighted by atomic mass is 16.5. The van der Waals surface area contributed by atoms with Gasteiger partial charge in [0.1, 0.15) is 0 Å². The van der Waals surface area contributed by atoms with E-state index < -0.39 is 0 Å². The van der Waals surface area contributed by atoms with E-state index in [9.17, 15) is 4.79 Å². The molecule has 1 aromatic heterocycles. The highest BCUT2D eigenvalue weighted by Crippen LogP contribution is 2.18. The number of nitrogens with zero attached hydrogens (tertiary/aromatic N) is 2. The molecule has 21 heavy (non-hydrogen) atoms. The second-order valence-corrected chi connectivity index (χ2v) is 5.85. The summed E-state index contributed by atoms with van der Waals surface area (Å²) in [5.74, 6) is 1.16. The van der Waals surface area contributed by atoms with Crippen molar-refractivity contribution in [1.29, 1.82) is 0 Å². The number of methoxy groups -OCH3 is 1. The second kappa shape index (κ2) is 8.74. The lowest BCUT2D eigenvalue weighted by molar-refractivity contribution is -0.121. The Kier molecular flexibility index (Phi) is 7.31. The molecule has 1 rings (SSSR count). The van der Waals surface area contributed by atoms with Gasteiger partial charge in [0.2, 0.25) is 11.8 Å². The zero-order valence-electron chi connectivity index (χ0n) is 13.4. The molecule has 0 atom stereocenters. The van der Waals surface area contributed by atoms with Gasteiger partial charge in [-0.3, -0.25) is 4.79 Å². The van der Waals surface area contributed by atoms with Gasteiger partial charge in [-0.2, -0.15) is 4.98 Å². The SMILES string of the molecule is COCCNCCNC(=O)CCc1nc(C(C)(C)C)no1. The molecule has 0 aliphatic heterocycles. The number of hydrogen-bond acceptors (Lipinski definition) is 6. The Morgan fingerprint density at radius 2 is 2.05 bits per heavy atom. The largest absolute Gasteiger partial charge is 0.383 e. The molecule has 7 nitrogen and oxygen atoms in total. The van der Waals surface area contributed by atoms with Gasteiger partial charge >= 0.3 is 0 Å². The fourth-order valence-electron chi connectivity index (χ4n) is 1.56. The Balaban J connectivity index is 2.17. The number of ether oxygens (including phenoxy) is 1. The average Bonchev–Trinajstić information content (AvgIpc) is 2.89. The topological polar surface area (TPSA) is 89.3 Å². The summed E-state index contributed by atoms with van der Waals surface area (Å²) in [6.07, 6.45) is 0.815. The van der Waals surface area contributed by atoms with Crippen molar-refractivity contribution in [2.45, 2.75) is 39.0 Å². The molecular formula is C14H26N4O3. The Hall–Kier alpha value is -1.47. The average molecular weight is 298 g/mol. The van der Waals surface area contributed by atoms with Crippen LogP contribution in [0.3, 0.4) is 0 Å². The molecular weight excluding hydrogens is 272 g/mol. The first-order chi connectivity index (χ1) is 9.93. The minimum Gasteiger partial charge on any atom is -0.383 e. The summed E-state index contributed by atoms with van der Waals surface area (Å²) in [7, 11) is 1.66. The Morgan fingerprint density at radius 1 is 1.29 bits per heavy atom. The summed E-state index contributed by atoms with van der Waals surface area (Å²) in [6.45, 7) is 8.83.